The lowest BCUT2D eigenvalue weighted by molar-refractivity contribution is 0.0916. The molecule has 2 aromatic heterocycles. The maximum Gasteiger partial charge on any atom is 0.261 e. The van der Waals surface area contributed by atoms with Gasteiger partial charge in [0.15, 0.2) is 0 Å². The molecule has 0 bridgehead atoms. The fourth-order valence-corrected chi connectivity index (χ4v) is 5.40. The van der Waals surface area contributed by atoms with Crippen molar-refractivity contribution >= 4 is 62.3 Å². The molecule has 1 atom stereocenters. The first-order valence-corrected chi connectivity index (χ1v) is 12.4. The molecular weight excluding hydrogens is 457 g/mol. The van der Waals surface area contributed by atoms with Gasteiger partial charge in [-0.2, -0.15) is 11.8 Å². The van der Waals surface area contributed by atoms with Crippen LogP contribution >= 0.6 is 34.7 Å². The van der Waals surface area contributed by atoms with Gasteiger partial charge >= 0.3 is 0 Å². The molecule has 0 aliphatic carbocycles. The van der Waals surface area contributed by atoms with E-state index in [2.05, 4.69) is 25.5 Å². The number of likely N-dealkylation sites (tertiary alicyclic amines) is 1. The molecule has 4 heterocycles. The number of halogens is 2. The molecule has 1 amide bonds. The lowest BCUT2D eigenvalue weighted by atomic mass is 10.0. The third kappa shape index (κ3) is 4.95. The highest BCUT2D eigenvalue weighted by molar-refractivity contribution is 8.06. The number of thiophene rings is 1. The fourth-order valence-electron chi connectivity index (χ4n) is 3.76. The van der Waals surface area contributed by atoms with Gasteiger partial charge in [-0.1, -0.05) is 11.6 Å². The van der Waals surface area contributed by atoms with E-state index >= 15 is 0 Å². The van der Waals surface area contributed by atoms with Crippen LogP contribution in [-0.2, 0) is 0 Å². The average molecular weight is 478 g/mol. The normalized spacial score (nSPS) is 19.5. The molecule has 2 aliphatic rings. The van der Waals surface area contributed by atoms with E-state index in [9.17, 15) is 9.18 Å². The Bertz CT molecular complexity index is 1110. The van der Waals surface area contributed by atoms with Gasteiger partial charge in [-0.25, -0.2) is 14.4 Å². The summed E-state index contributed by atoms with van der Waals surface area (Å²) in [6, 6.07) is 6.39. The highest BCUT2D eigenvalue weighted by Gasteiger charge is 2.28. The molecule has 2 N–H and O–H groups in total. The van der Waals surface area contributed by atoms with Crippen LogP contribution in [0.1, 0.15) is 22.5 Å². The predicted molar refractivity (Wildman–Crippen MR) is 125 cm³/mol. The summed E-state index contributed by atoms with van der Waals surface area (Å²) in [5.74, 6) is 1.28. The molecule has 0 spiro atoms. The minimum atomic E-state index is -0.480. The molecule has 2 saturated heterocycles. The van der Waals surface area contributed by atoms with E-state index in [0.29, 0.717) is 21.2 Å². The standard InChI is InChI=1S/C21H21ClFN5OS2/c22-16-7-13(1-2-17(16)23)26-19-15-8-18(31-21(15)25-11-24-19)20(29)27-12-3-5-28(6-4-12)9-14-10-30-14/h1-2,7-8,11-12,14H,3-6,9-10H2,(H,27,29)(H,24,25,26). The van der Waals surface area contributed by atoms with Crippen molar-refractivity contribution in [2.45, 2.75) is 24.1 Å². The zero-order chi connectivity index (χ0) is 21.4. The van der Waals surface area contributed by atoms with Crippen molar-refractivity contribution in [3.05, 3.63) is 46.3 Å². The maximum atomic E-state index is 13.4. The van der Waals surface area contributed by atoms with E-state index in [1.54, 1.807) is 6.07 Å². The molecule has 6 nitrogen and oxygen atoms in total. The maximum absolute atomic E-state index is 13.4. The van der Waals surface area contributed by atoms with Gasteiger partial charge in [-0.3, -0.25) is 4.79 Å². The van der Waals surface area contributed by atoms with E-state index in [1.807, 2.05) is 17.8 Å². The quantitative estimate of drug-likeness (QED) is 0.508. The van der Waals surface area contributed by atoms with Crippen molar-refractivity contribution in [2.24, 2.45) is 0 Å². The zero-order valence-electron chi connectivity index (χ0n) is 16.6. The lowest BCUT2D eigenvalue weighted by Crippen LogP contribution is -2.45. The Kier molecular flexibility index (Phi) is 6.01. The van der Waals surface area contributed by atoms with Crippen molar-refractivity contribution in [1.29, 1.82) is 0 Å². The fraction of sp³-hybridized carbons (Fsp3) is 0.381. The van der Waals surface area contributed by atoms with Crippen LogP contribution in [0.5, 0.6) is 0 Å². The highest BCUT2D eigenvalue weighted by Crippen LogP contribution is 2.32. The van der Waals surface area contributed by atoms with Crippen LogP contribution in [0.3, 0.4) is 0 Å². The van der Waals surface area contributed by atoms with Crippen LogP contribution in [0.4, 0.5) is 15.9 Å². The Morgan fingerprint density at radius 2 is 2.06 bits per heavy atom. The summed E-state index contributed by atoms with van der Waals surface area (Å²) in [5.41, 5.74) is 0.611. The Hall–Kier alpha value is -1.94. The molecule has 10 heteroatoms. The number of anilines is 2. The SMILES string of the molecule is O=C(NC1CCN(CC2CS2)CC1)c1cc2c(Nc3ccc(F)c(Cl)c3)ncnc2s1. The first-order valence-electron chi connectivity index (χ1n) is 10.2. The molecule has 2 fully saturated rings. The third-order valence-corrected chi connectivity index (χ3v) is 7.81. The van der Waals surface area contributed by atoms with Crippen LogP contribution in [0.15, 0.2) is 30.6 Å². The third-order valence-electron chi connectivity index (χ3n) is 5.52. The number of amides is 1. The minimum absolute atomic E-state index is 0.0302. The number of hydrogen-bond acceptors (Lipinski definition) is 7. The Morgan fingerprint density at radius 3 is 2.81 bits per heavy atom. The summed E-state index contributed by atoms with van der Waals surface area (Å²) in [4.78, 5) is 25.3. The number of piperidine rings is 1. The van der Waals surface area contributed by atoms with Crippen LogP contribution < -0.4 is 10.6 Å². The number of rotatable bonds is 6. The van der Waals surface area contributed by atoms with Gasteiger partial charge in [-0.05, 0) is 37.1 Å². The Labute approximate surface area is 192 Å². The molecular formula is C21H21ClFN5OS2. The van der Waals surface area contributed by atoms with E-state index in [-0.39, 0.29) is 17.0 Å². The second-order valence-electron chi connectivity index (χ2n) is 7.81. The number of nitrogens with zero attached hydrogens (tertiary/aromatic N) is 3. The second kappa shape index (κ2) is 8.90. The largest absolute Gasteiger partial charge is 0.349 e. The molecule has 5 rings (SSSR count). The topological polar surface area (TPSA) is 70.2 Å². The smallest absolute Gasteiger partial charge is 0.261 e. The molecule has 3 aromatic rings. The number of aromatic nitrogens is 2. The first-order chi connectivity index (χ1) is 15.0. The second-order valence-corrected chi connectivity index (χ2v) is 10.6. The summed E-state index contributed by atoms with van der Waals surface area (Å²) < 4.78 is 13.4. The van der Waals surface area contributed by atoms with Gasteiger partial charge in [0.25, 0.3) is 5.91 Å². The van der Waals surface area contributed by atoms with Gasteiger partial charge in [0.05, 0.1) is 15.3 Å². The van der Waals surface area contributed by atoms with Crippen LogP contribution in [0, 0.1) is 5.82 Å². The van der Waals surface area contributed by atoms with Crippen molar-refractivity contribution in [3.8, 4) is 0 Å². The highest BCUT2D eigenvalue weighted by atomic mass is 35.5. The molecule has 0 saturated carbocycles. The number of carbonyl (C=O) groups is 1. The average Bonchev–Trinajstić information content (AvgIpc) is 3.46. The monoisotopic (exact) mass is 477 g/mol. The van der Waals surface area contributed by atoms with Crippen molar-refractivity contribution in [1.82, 2.24) is 20.2 Å². The summed E-state index contributed by atoms with van der Waals surface area (Å²) in [7, 11) is 0. The van der Waals surface area contributed by atoms with E-state index in [4.69, 9.17) is 11.6 Å². The zero-order valence-corrected chi connectivity index (χ0v) is 19.0. The molecule has 1 aromatic carbocycles. The summed E-state index contributed by atoms with van der Waals surface area (Å²) >= 11 is 9.24. The van der Waals surface area contributed by atoms with Crippen molar-refractivity contribution < 1.29 is 9.18 Å². The van der Waals surface area contributed by atoms with Gasteiger partial charge in [0.2, 0.25) is 0 Å². The molecule has 31 heavy (non-hydrogen) atoms. The molecule has 0 radical (unpaired) electrons. The summed E-state index contributed by atoms with van der Waals surface area (Å²) in [6.45, 7) is 3.25. The van der Waals surface area contributed by atoms with Crippen LogP contribution in [-0.4, -0.2) is 57.5 Å². The number of thioether (sulfide) groups is 1. The molecule has 162 valence electrons. The molecule has 2 aliphatic heterocycles. The molecule has 1 unspecified atom stereocenters. The Morgan fingerprint density at radius 1 is 1.26 bits per heavy atom. The lowest BCUT2D eigenvalue weighted by Gasteiger charge is -2.32. The number of nitrogens with one attached hydrogen (secondary N) is 2. The first kappa shape index (κ1) is 20.9. The number of carbonyl (C=O) groups excluding carboxylic acids is 1. The predicted octanol–water partition coefficient (Wildman–Crippen LogP) is 4.54. The Balaban J connectivity index is 1.26. The van der Waals surface area contributed by atoms with Crippen molar-refractivity contribution in [2.75, 3.05) is 30.7 Å². The van der Waals surface area contributed by atoms with Crippen molar-refractivity contribution in [3.63, 3.8) is 0 Å². The van der Waals surface area contributed by atoms with Crippen LogP contribution in [0.25, 0.3) is 10.2 Å². The van der Waals surface area contributed by atoms with Gasteiger partial charge in [0, 0.05) is 42.4 Å². The van der Waals surface area contributed by atoms with Gasteiger partial charge in [0.1, 0.15) is 22.8 Å². The summed E-state index contributed by atoms with van der Waals surface area (Å²) in [5, 5.41) is 7.91. The van der Waals surface area contributed by atoms with Crippen LogP contribution in [0.2, 0.25) is 5.02 Å². The van der Waals surface area contributed by atoms with E-state index in [1.165, 1.54) is 42.1 Å². The van der Waals surface area contributed by atoms with Gasteiger partial charge < -0.3 is 15.5 Å². The minimum Gasteiger partial charge on any atom is -0.349 e. The number of fused-ring (bicyclic) bond motifs is 1. The summed E-state index contributed by atoms with van der Waals surface area (Å²) in [6.07, 6.45) is 3.40. The van der Waals surface area contributed by atoms with Gasteiger partial charge in [-0.15, -0.1) is 11.3 Å². The van der Waals surface area contributed by atoms with E-state index in [0.717, 1.165) is 36.6 Å². The number of benzene rings is 1. The number of hydrogen-bond donors (Lipinski definition) is 2. The van der Waals surface area contributed by atoms with E-state index < -0.39 is 5.82 Å².